The number of rotatable bonds is 8. The number of hydrogen-bond donors (Lipinski definition) is 1. The van der Waals surface area contributed by atoms with Gasteiger partial charge in [0.15, 0.2) is 0 Å². The van der Waals surface area contributed by atoms with Crippen molar-refractivity contribution in [2.75, 3.05) is 31.3 Å². The predicted octanol–water partition coefficient (Wildman–Crippen LogP) is 2.29. The minimum absolute atomic E-state index is 0.240. The highest BCUT2D eigenvalue weighted by Gasteiger charge is 2.15. The summed E-state index contributed by atoms with van der Waals surface area (Å²) in [5.74, 6) is 1.11. The van der Waals surface area contributed by atoms with Gasteiger partial charge in [0, 0.05) is 12.6 Å². The summed E-state index contributed by atoms with van der Waals surface area (Å²) in [6.45, 7) is 2.12. The van der Waals surface area contributed by atoms with Gasteiger partial charge in [-0.25, -0.2) is 8.42 Å². The zero-order chi connectivity index (χ0) is 20.0. The number of amides is 1. The van der Waals surface area contributed by atoms with Crippen LogP contribution in [0.5, 0.6) is 11.5 Å². The molecule has 0 aliphatic heterocycles. The largest absolute Gasteiger partial charge is 0.497 e. The van der Waals surface area contributed by atoms with Crippen LogP contribution in [0.1, 0.15) is 17.3 Å². The number of carbonyl (C=O) groups is 1. The predicted molar refractivity (Wildman–Crippen MR) is 105 cm³/mol. The van der Waals surface area contributed by atoms with Crippen molar-refractivity contribution in [3.63, 3.8) is 0 Å². The van der Waals surface area contributed by atoms with E-state index in [0.29, 0.717) is 23.6 Å². The first-order valence-corrected chi connectivity index (χ1v) is 10.2. The fourth-order valence-corrected chi connectivity index (χ4v) is 2.77. The van der Waals surface area contributed by atoms with Gasteiger partial charge in [0.05, 0.1) is 25.1 Å². The van der Waals surface area contributed by atoms with Gasteiger partial charge in [-0.1, -0.05) is 6.07 Å². The maximum atomic E-state index is 12.4. The third-order valence-corrected chi connectivity index (χ3v) is 5.11. The molecule has 8 heteroatoms. The molecule has 27 heavy (non-hydrogen) atoms. The molecule has 1 atom stereocenters. The van der Waals surface area contributed by atoms with Crippen molar-refractivity contribution in [3.05, 3.63) is 54.1 Å². The highest BCUT2D eigenvalue weighted by molar-refractivity contribution is 7.92. The molecule has 0 radical (unpaired) electrons. The molecule has 2 aromatic carbocycles. The van der Waals surface area contributed by atoms with Crippen LogP contribution in [0, 0.1) is 0 Å². The van der Waals surface area contributed by atoms with Crippen molar-refractivity contribution in [1.82, 2.24) is 5.32 Å². The van der Waals surface area contributed by atoms with Crippen LogP contribution in [0.3, 0.4) is 0 Å². The van der Waals surface area contributed by atoms with E-state index in [1.165, 1.54) is 13.1 Å². The summed E-state index contributed by atoms with van der Waals surface area (Å²) >= 11 is 0. The molecule has 7 nitrogen and oxygen atoms in total. The molecule has 0 bridgehead atoms. The Hall–Kier alpha value is -2.74. The lowest BCUT2D eigenvalue weighted by Crippen LogP contribution is -2.36. The Kier molecular flexibility index (Phi) is 6.68. The highest BCUT2D eigenvalue weighted by atomic mass is 32.2. The highest BCUT2D eigenvalue weighted by Crippen LogP contribution is 2.18. The van der Waals surface area contributed by atoms with Crippen LogP contribution in [0.4, 0.5) is 5.69 Å². The van der Waals surface area contributed by atoms with E-state index in [4.69, 9.17) is 9.47 Å². The Bertz CT molecular complexity index is 881. The molecule has 0 heterocycles. The monoisotopic (exact) mass is 392 g/mol. The molecule has 1 amide bonds. The molecule has 2 aromatic rings. The topological polar surface area (TPSA) is 84.9 Å². The lowest BCUT2D eigenvalue weighted by Gasteiger charge is -2.18. The summed E-state index contributed by atoms with van der Waals surface area (Å²) in [5.41, 5.74) is 0.798. The molecule has 0 fully saturated rings. The van der Waals surface area contributed by atoms with E-state index in [-0.39, 0.29) is 11.9 Å². The molecule has 0 spiro atoms. The Labute approximate surface area is 160 Å². The van der Waals surface area contributed by atoms with Crippen molar-refractivity contribution in [2.24, 2.45) is 0 Å². The third kappa shape index (κ3) is 5.89. The second-order valence-electron chi connectivity index (χ2n) is 6.14. The van der Waals surface area contributed by atoms with Crippen LogP contribution >= 0.6 is 0 Å². The van der Waals surface area contributed by atoms with Gasteiger partial charge in [-0.3, -0.25) is 9.10 Å². The Morgan fingerprint density at radius 1 is 1.15 bits per heavy atom. The zero-order valence-corrected chi connectivity index (χ0v) is 16.6. The minimum Gasteiger partial charge on any atom is -0.497 e. The number of ether oxygens (including phenoxy) is 2. The van der Waals surface area contributed by atoms with Gasteiger partial charge in [-0.15, -0.1) is 0 Å². The van der Waals surface area contributed by atoms with Crippen molar-refractivity contribution in [2.45, 2.75) is 13.0 Å². The van der Waals surface area contributed by atoms with E-state index in [2.05, 4.69) is 5.32 Å². The molecular formula is C19H24N2O5S. The number of anilines is 1. The summed E-state index contributed by atoms with van der Waals surface area (Å²) in [7, 11) is -0.357. The first-order valence-electron chi connectivity index (χ1n) is 8.32. The maximum Gasteiger partial charge on any atom is 0.251 e. The van der Waals surface area contributed by atoms with E-state index in [0.717, 1.165) is 16.3 Å². The molecule has 1 N–H and O–H groups in total. The Morgan fingerprint density at radius 3 is 2.37 bits per heavy atom. The lowest BCUT2D eigenvalue weighted by molar-refractivity contribution is 0.0926. The van der Waals surface area contributed by atoms with Gasteiger partial charge in [0.25, 0.3) is 5.91 Å². The standard InChI is InChI=1S/C19H24N2O5S/c1-14(13-26-18-10-8-17(25-3)9-11-18)20-19(22)15-6-5-7-16(12-15)21(2)27(4,23)24/h5-12,14H,13H2,1-4H3,(H,20,22)/t14-/m0/s1. The quantitative estimate of drug-likeness (QED) is 0.745. The van der Waals surface area contributed by atoms with Crippen molar-refractivity contribution >= 4 is 21.6 Å². The number of hydrogen-bond acceptors (Lipinski definition) is 5. The van der Waals surface area contributed by atoms with Gasteiger partial charge in [0.2, 0.25) is 10.0 Å². The van der Waals surface area contributed by atoms with E-state index < -0.39 is 10.0 Å². The molecular weight excluding hydrogens is 368 g/mol. The summed E-state index contributed by atoms with van der Waals surface area (Å²) in [6.07, 6.45) is 1.11. The third-order valence-electron chi connectivity index (χ3n) is 3.91. The molecule has 0 aromatic heterocycles. The first kappa shape index (κ1) is 20.6. The van der Waals surface area contributed by atoms with Crippen LogP contribution in [0.25, 0.3) is 0 Å². The molecule has 146 valence electrons. The lowest BCUT2D eigenvalue weighted by atomic mass is 10.2. The molecule has 0 unspecified atom stereocenters. The second-order valence-corrected chi connectivity index (χ2v) is 8.16. The summed E-state index contributed by atoms with van der Waals surface area (Å²) in [6, 6.07) is 13.4. The molecule has 0 aliphatic carbocycles. The van der Waals surface area contributed by atoms with E-state index in [1.54, 1.807) is 49.6 Å². The maximum absolute atomic E-state index is 12.4. The number of methoxy groups -OCH3 is 1. The smallest absolute Gasteiger partial charge is 0.251 e. The summed E-state index contributed by atoms with van der Waals surface area (Å²) in [4.78, 5) is 12.4. The number of nitrogens with zero attached hydrogens (tertiary/aromatic N) is 1. The van der Waals surface area contributed by atoms with Crippen molar-refractivity contribution < 1.29 is 22.7 Å². The average molecular weight is 392 g/mol. The van der Waals surface area contributed by atoms with Crippen LogP contribution in [0.15, 0.2) is 48.5 Å². The van der Waals surface area contributed by atoms with Crippen LogP contribution in [-0.2, 0) is 10.0 Å². The van der Waals surface area contributed by atoms with Crippen LogP contribution in [0.2, 0.25) is 0 Å². The fraction of sp³-hybridized carbons (Fsp3) is 0.316. The van der Waals surface area contributed by atoms with Gasteiger partial charge in [0.1, 0.15) is 18.1 Å². The Morgan fingerprint density at radius 2 is 1.78 bits per heavy atom. The number of nitrogens with one attached hydrogen (secondary N) is 1. The van der Waals surface area contributed by atoms with Crippen molar-refractivity contribution in [3.8, 4) is 11.5 Å². The normalized spacial score (nSPS) is 12.1. The summed E-state index contributed by atoms with van der Waals surface area (Å²) in [5, 5.41) is 2.84. The molecule has 0 aliphatic rings. The number of carbonyl (C=O) groups excluding carboxylic acids is 1. The fourth-order valence-electron chi connectivity index (χ4n) is 2.28. The van der Waals surface area contributed by atoms with Crippen molar-refractivity contribution in [1.29, 1.82) is 0 Å². The second kappa shape index (κ2) is 8.77. The Balaban J connectivity index is 1.95. The van der Waals surface area contributed by atoms with Gasteiger partial charge >= 0.3 is 0 Å². The van der Waals surface area contributed by atoms with E-state index in [1.807, 2.05) is 6.92 Å². The van der Waals surface area contributed by atoms with E-state index in [9.17, 15) is 13.2 Å². The van der Waals surface area contributed by atoms with Gasteiger partial charge < -0.3 is 14.8 Å². The number of sulfonamides is 1. The minimum atomic E-state index is -3.39. The zero-order valence-electron chi connectivity index (χ0n) is 15.8. The number of benzene rings is 2. The van der Waals surface area contributed by atoms with E-state index >= 15 is 0 Å². The van der Waals surface area contributed by atoms with Crippen LogP contribution < -0.4 is 19.1 Å². The molecule has 0 saturated carbocycles. The van der Waals surface area contributed by atoms with Crippen LogP contribution in [-0.4, -0.2) is 47.4 Å². The molecule has 2 rings (SSSR count). The first-order chi connectivity index (χ1) is 12.7. The SMILES string of the molecule is COc1ccc(OC[C@H](C)NC(=O)c2cccc(N(C)S(C)(=O)=O)c2)cc1. The molecule has 0 saturated heterocycles. The van der Waals surface area contributed by atoms with Gasteiger partial charge in [-0.05, 0) is 49.4 Å². The van der Waals surface area contributed by atoms with Gasteiger partial charge in [-0.2, -0.15) is 0 Å². The summed E-state index contributed by atoms with van der Waals surface area (Å²) < 4.78 is 35.2. The average Bonchev–Trinajstić information content (AvgIpc) is 2.65.